The fourth-order valence-electron chi connectivity index (χ4n) is 3.26. The highest BCUT2D eigenvalue weighted by atomic mass is 32.2. The van der Waals surface area contributed by atoms with Crippen molar-refractivity contribution in [2.24, 2.45) is 5.10 Å². The first kappa shape index (κ1) is 16.8. The molecule has 0 bridgehead atoms. The van der Waals surface area contributed by atoms with Crippen LogP contribution < -0.4 is 5.43 Å². The second-order valence-corrected chi connectivity index (χ2v) is 7.34. The Balaban J connectivity index is 1.92. The van der Waals surface area contributed by atoms with Gasteiger partial charge in [-0.3, -0.25) is 19.0 Å². The summed E-state index contributed by atoms with van der Waals surface area (Å²) in [5, 5.41) is 7.88. The van der Waals surface area contributed by atoms with Gasteiger partial charge in [0.2, 0.25) is 0 Å². The van der Waals surface area contributed by atoms with Crippen LogP contribution in [0.5, 0.6) is 0 Å². The lowest BCUT2D eigenvalue weighted by atomic mass is 10.0. The van der Waals surface area contributed by atoms with Crippen molar-refractivity contribution in [3.05, 3.63) is 63.9 Å². The maximum atomic E-state index is 13.1. The van der Waals surface area contributed by atoms with E-state index in [1.807, 2.05) is 36.5 Å². The van der Waals surface area contributed by atoms with Gasteiger partial charge in [0.15, 0.2) is 5.43 Å². The second-order valence-electron chi connectivity index (χ2n) is 6.44. The van der Waals surface area contributed by atoms with Crippen LogP contribution in [0.4, 0.5) is 0 Å². The van der Waals surface area contributed by atoms with Crippen LogP contribution in [0.15, 0.2) is 52.5 Å². The molecule has 0 aliphatic carbocycles. The molecule has 1 aliphatic heterocycles. The zero-order chi connectivity index (χ0) is 18.3. The minimum Gasteiger partial charge on any atom is -0.772 e. The lowest BCUT2D eigenvalue weighted by molar-refractivity contribution is 0.381. The molecular weight excluding hydrogens is 350 g/mol. The molecule has 132 valence electrons. The maximum absolute atomic E-state index is 13.1. The van der Waals surface area contributed by atoms with Gasteiger partial charge in [-0.25, -0.2) is 0 Å². The van der Waals surface area contributed by atoms with Crippen molar-refractivity contribution >= 4 is 39.0 Å². The Morgan fingerprint density at radius 2 is 2.04 bits per heavy atom. The molecule has 1 aromatic heterocycles. The molecule has 2 aromatic carbocycles. The van der Waals surface area contributed by atoms with E-state index in [1.165, 1.54) is 0 Å². The van der Waals surface area contributed by atoms with E-state index >= 15 is 0 Å². The quantitative estimate of drug-likeness (QED) is 0.663. The van der Waals surface area contributed by atoms with E-state index in [0.717, 1.165) is 17.5 Å². The maximum Gasteiger partial charge on any atom is 0.195 e. The molecule has 1 aliphatic rings. The van der Waals surface area contributed by atoms with E-state index in [0.29, 0.717) is 21.9 Å². The van der Waals surface area contributed by atoms with Crippen molar-refractivity contribution in [3.8, 4) is 0 Å². The first-order chi connectivity index (χ1) is 12.5. The van der Waals surface area contributed by atoms with Crippen molar-refractivity contribution < 1.29 is 8.76 Å². The predicted molar refractivity (Wildman–Crippen MR) is 102 cm³/mol. The Morgan fingerprint density at radius 1 is 1.23 bits per heavy atom. The van der Waals surface area contributed by atoms with Gasteiger partial charge in [0.25, 0.3) is 0 Å². The van der Waals surface area contributed by atoms with Crippen molar-refractivity contribution in [1.82, 2.24) is 9.99 Å². The molecule has 4 rings (SSSR count). The highest BCUT2D eigenvalue weighted by Gasteiger charge is 2.18. The van der Waals surface area contributed by atoms with Crippen LogP contribution in [0, 0.1) is 0 Å². The van der Waals surface area contributed by atoms with E-state index < -0.39 is 11.1 Å². The average molecular weight is 366 g/mol. The summed E-state index contributed by atoms with van der Waals surface area (Å²) >= 11 is -2.20. The lowest BCUT2D eigenvalue weighted by Gasteiger charge is -2.10. The van der Waals surface area contributed by atoms with E-state index in [1.54, 1.807) is 24.4 Å². The second kappa shape index (κ2) is 6.59. The Labute approximate surface area is 152 Å². The zero-order valence-corrected chi connectivity index (χ0v) is 14.9. The van der Waals surface area contributed by atoms with Crippen LogP contribution in [-0.4, -0.2) is 38.6 Å². The average Bonchev–Trinajstić information content (AvgIpc) is 3.00. The van der Waals surface area contributed by atoms with Crippen LogP contribution in [0.2, 0.25) is 0 Å². The minimum absolute atomic E-state index is 0.103. The van der Waals surface area contributed by atoms with Gasteiger partial charge in [-0.05, 0) is 34.7 Å². The van der Waals surface area contributed by atoms with Crippen molar-refractivity contribution in [3.63, 3.8) is 0 Å². The van der Waals surface area contributed by atoms with Crippen LogP contribution in [0.1, 0.15) is 17.0 Å². The third kappa shape index (κ3) is 3.11. The SMILES string of the molecule is CN1CC(c2cnc3ccc4ccc(CS(=O)[O-])cc4c(=O)c3c2)C=N1. The Hall–Kier alpha value is -2.64. The first-order valence-corrected chi connectivity index (χ1v) is 9.42. The smallest absolute Gasteiger partial charge is 0.195 e. The third-order valence-corrected chi connectivity index (χ3v) is 5.15. The summed E-state index contributed by atoms with van der Waals surface area (Å²) < 4.78 is 22.0. The molecule has 0 saturated heterocycles. The molecule has 0 N–H and O–H groups in total. The van der Waals surface area contributed by atoms with Gasteiger partial charge in [-0.2, -0.15) is 5.10 Å². The predicted octanol–water partition coefficient (Wildman–Crippen LogP) is 2.14. The van der Waals surface area contributed by atoms with Crippen molar-refractivity contribution in [2.45, 2.75) is 11.7 Å². The number of fused-ring (bicyclic) bond motifs is 2. The minimum atomic E-state index is -2.20. The van der Waals surface area contributed by atoms with Crippen LogP contribution >= 0.6 is 0 Å². The van der Waals surface area contributed by atoms with E-state index in [4.69, 9.17) is 0 Å². The standard InChI is InChI=1S/C19H17N3O3S/c1-22-10-15(9-21-22)14-7-17-18(20-8-14)5-4-13-3-2-12(11-26(24)25)6-16(13)19(17)23/h2-9,15H,10-11H2,1H3,(H,24,25)/p-1. The molecule has 7 heteroatoms. The molecule has 6 nitrogen and oxygen atoms in total. The molecule has 0 saturated carbocycles. The number of nitrogens with zero attached hydrogens (tertiary/aromatic N) is 3. The van der Waals surface area contributed by atoms with E-state index in [9.17, 15) is 13.6 Å². The van der Waals surface area contributed by atoms with E-state index in [-0.39, 0.29) is 17.1 Å². The largest absolute Gasteiger partial charge is 0.772 e. The summed E-state index contributed by atoms with van der Waals surface area (Å²) in [4.78, 5) is 17.6. The van der Waals surface area contributed by atoms with Crippen molar-refractivity contribution in [2.75, 3.05) is 13.6 Å². The molecule has 0 spiro atoms. The summed E-state index contributed by atoms with van der Waals surface area (Å²) in [5.74, 6) is -0.00756. The molecule has 2 atom stereocenters. The third-order valence-electron chi connectivity index (χ3n) is 4.58. The summed E-state index contributed by atoms with van der Waals surface area (Å²) in [7, 11) is 1.90. The number of hydrogen-bond acceptors (Lipinski definition) is 6. The molecule has 2 unspecified atom stereocenters. The summed E-state index contributed by atoms with van der Waals surface area (Å²) in [6, 6.07) is 10.7. The molecule has 26 heavy (non-hydrogen) atoms. The van der Waals surface area contributed by atoms with Gasteiger partial charge in [-0.15, -0.1) is 0 Å². The Morgan fingerprint density at radius 3 is 2.77 bits per heavy atom. The highest BCUT2D eigenvalue weighted by Crippen LogP contribution is 2.22. The number of hydrazone groups is 1. The molecular formula is C19H16N3O3S-. The number of benzene rings is 1. The summed E-state index contributed by atoms with van der Waals surface area (Å²) in [5.41, 5.74) is 2.01. The number of likely N-dealkylation sites (N-methyl/N-ethyl adjacent to an activating group) is 1. The van der Waals surface area contributed by atoms with E-state index in [2.05, 4.69) is 10.1 Å². The number of hydrogen-bond donors (Lipinski definition) is 0. The molecule has 0 amide bonds. The van der Waals surface area contributed by atoms with Gasteiger partial charge in [0.1, 0.15) is 0 Å². The van der Waals surface area contributed by atoms with Gasteiger partial charge < -0.3 is 4.55 Å². The molecule has 0 radical (unpaired) electrons. The zero-order valence-electron chi connectivity index (χ0n) is 14.1. The molecule has 0 fully saturated rings. The monoisotopic (exact) mass is 366 g/mol. The Kier molecular flexibility index (Phi) is 4.26. The summed E-state index contributed by atoms with van der Waals surface area (Å²) in [6.07, 6.45) is 3.64. The fourth-order valence-corrected chi connectivity index (χ4v) is 3.71. The van der Waals surface area contributed by atoms with Gasteiger partial charge in [0, 0.05) is 48.4 Å². The first-order valence-electron chi connectivity index (χ1n) is 8.18. The fraction of sp³-hybridized carbons (Fsp3) is 0.211. The van der Waals surface area contributed by atoms with Gasteiger partial charge >= 0.3 is 0 Å². The normalized spacial score (nSPS) is 17.9. The molecule has 2 heterocycles. The van der Waals surface area contributed by atoms with Gasteiger partial charge in [-0.1, -0.05) is 29.3 Å². The van der Waals surface area contributed by atoms with Crippen LogP contribution in [0.25, 0.3) is 21.7 Å². The lowest BCUT2D eigenvalue weighted by Crippen LogP contribution is -2.12. The molecule has 3 aromatic rings. The number of aromatic nitrogens is 1. The van der Waals surface area contributed by atoms with Gasteiger partial charge in [0.05, 0.1) is 5.52 Å². The topological polar surface area (TPSA) is 85.7 Å². The number of rotatable bonds is 3. The number of pyridine rings is 1. The van der Waals surface area contributed by atoms with Crippen LogP contribution in [0.3, 0.4) is 0 Å². The van der Waals surface area contributed by atoms with Crippen LogP contribution in [-0.2, 0) is 16.8 Å². The highest BCUT2D eigenvalue weighted by molar-refractivity contribution is 7.78. The Bertz CT molecular complexity index is 1130. The van der Waals surface area contributed by atoms with Crippen molar-refractivity contribution in [1.29, 1.82) is 0 Å². The summed E-state index contributed by atoms with van der Waals surface area (Å²) in [6.45, 7) is 0.751.